The lowest BCUT2D eigenvalue weighted by Crippen LogP contribution is -2.42. The smallest absolute Gasteiger partial charge is 0.268 e. The van der Waals surface area contributed by atoms with Crippen molar-refractivity contribution in [2.24, 2.45) is 0 Å². The van der Waals surface area contributed by atoms with E-state index in [1.54, 1.807) is 36.4 Å². The van der Waals surface area contributed by atoms with Gasteiger partial charge < -0.3 is 0 Å². The Morgan fingerprint density at radius 2 is 1.62 bits per heavy atom. The molecule has 4 aromatic rings. The van der Waals surface area contributed by atoms with Gasteiger partial charge in [0.25, 0.3) is 10.0 Å². The molecular weight excluding hydrogens is 465 g/mol. The number of aromatic nitrogens is 1. The second-order valence-electron chi connectivity index (χ2n) is 8.56. The summed E-state index contributed by atoms with van der Waals surface area (Å²) in [7, 11) is -6.49. The molecule has 1 aromatic heterocycles. The van der Waals surface area contributed by atoms with Gasteiger partial charge in [-0.15, -0.1) is 0 Å². The van der Waals surface area contributed by atoms with Crippen LogP contribution in [0.25, 0.3) is 10.9 Å². The van der Waals surface area contributed by atoms with Crippen LogP contribution in [0.15, 0.2) is 77.7 Å². The highest BCUT2D eigenvalue weighted by Crippen LogP contribution is 2.29. The number of halogens is 2. The topological polar surface area (TPSA) is 56.1 Å². The fraction of sp³-hybridized carbons (Fsp3) is 0.125. The number of hydrogen-bond acceptors (Lipinski definition) is 3. The Labute approximate surface area is 192 Å². The Hall–Kier alpha value is -2.74. The van der Waals surface area contributed by atoms with Gasteiger partial charge in [0.15, 0.2) is 0 Å². The van der Waals surface area contributed by atoms with Gasteiger partial charge in [-0.25, -0.2) is 16.8 Å². The summed E-state index contributed by atoms with van der Waals surface area (Å²) < 4.78 is 43.0. The van der Waals surface area contributed by atoms with Gasteiger partial charge >= 0.3 is 0 Å². The Bertz CT molecular complexity index is 1460. The van der Waals surface area contributed by atoms with E-state index in [9.17, 15) is 17.6 Å². The number of carbonyl (C=O) groups excluding carboxylic acids is 1. The molecular formula is C24H21ClFNO3SSi. The Morgan fingerprint density at radius 1 is 0.938 bits per heavy atom. The minimum Gasteiger partial charge on any atom is -0.287 e. The molecule has 3 aromatic carbocycles. The van der Waals surface area contributed by atoms with Crippen LogP contribution in [0.4, 0.5) is 4.39 Å². The molecule has 0 spiro atoms. The van der Waals surface area contributed by atoms with E-state index in [1.807, 2.05) is 19.6 Å². The minimum absolute atomic E-state index is 0.0379. The van der Waals surface area contributed by atoms with Crippen LogP contribution in [0.1, 0.15) is 16.1 Å². The van der Waals surface area contributed by atoms with Crippen molar-refractivity contribution in [2.75, 3.05) is 0 Å². The van der Waals surface area contributed by atoms with E-state index in [0.29, 0.717) is 15.6 Å². The van der Waals surface area contributed by atoms with E-state index in [0.717, 1.165) is 3.97 Å². The second kappa shape index (κ2) is 7.99. The zero-order chi connectivity index (χ0) is 23.3. The lowest BCUT2D eigenvalue weighted by atomic mass is 10.1. The molecule has 0 bridgehead atoms. The molecule has 0 aliphatic carbocycles. The molecule has 0 atom stereocenters. The fourth-order valence-corrected chi connectivity index (χ4v) is 7.67. The number of rotatable bonds is 5. The van der Waals surface area contributed by atoms with Gasteiger partial charge in [-0.05, 0) is 47.7 Å². The Morgan fingerprint density at radius 3 is 2.25 bits per heavy atom. The molecule has 32 heavy (non-hydrogen) atoms. The number of nitrogens with zero attached hydrogens (tertiary/aromatic N) is 1. The summed E-state index contributed by atoms with van der Waals surface area (Å²) >= 11 is 6.11. The van der Waals surface area contributed by atoms with E-state index in [4.69, 9.17) is 11.6 Å². The van der Waals surface area contributed by atoms with Gasteiger partial charge in [0, 0.05) is 16.0 Å². The van der Waals surface area contributed by atoms with Gasteiger partial charge in [0.2, 0.25) is 5.78 Å². The molecule has 164 valence electrons. The van der Waals surface area contributed by atoms with Gasteiger partial charge in [-0.3, -0.25) is 4.79 Å². The molecule has 8 heteroatoms. The molecule has 0 saturated carbocycles. The lowest BCUT2D eigenvalue weighted by Gasteiger charge is -2.19. The van der Waals surface area contributed by atoms with E-state index in [1.165, 1.54) is 36.4 Å². The van der Waals surface area contributed by atoms with Crippen LogP contribution in [-0.4, -0.2) is 26.2 Å². The van der Waals surface area contributed by atoms with Crippen LogP contribution >= 0.6 is 11.6 Å². The van der Waals surface area contributed by atoms with Crippen LogP contribution in [0.5, 0.6) is 0 Å². The highest BCUT2D eigenvalue weighted by molar-refractivity contribution is 7.90. The van der Waals surface area contributed by atoms with E-state index >= 15 is 0 Å². The minimum atomic E-state index is -4.15. The summed E-state index contributed by atoms with van der Waals surface area (Å²) in [6.45, 7) is 6.00. The summed E-state index contributed by atoms with van der Waals surface area (Å²) in [5.74, 6) is -0.964. The van der Waals surface area contributed by atoms with Crippen molar-refractivity contribution in [3.05, 3.63) is 94.9 Å². The third-order valence-corrected chi connectivity index (χ3v) is 9.19. The molecule has 0 radical (unpaired) electrons. The standard InChI is InChI=1S/C24H21ClFNO3SSi/c1-32(2,3)24-20-15-18(26)12-13-21(20)27(31(29,30)19-10-5-4-6-11-19)22(24)23(28)16-8-7-9-17(25)14-16/h4-15H,1-3H3. The predicted octanol–water partition coefficient (Wildman–Crippen LogP) is 5.45. The maximum Gasteiger partial charge on any atom is 0.268 e. The highest BCUT2D eigenvalue weighted by atomic mass is 35.5. The number of ketones is 1. The predicted molar refractivity (Wildman–Crippen MR) is 129 cm³/mol. The summed E-state index contributed by atoms with van der Waals surface area (Å²) in [6, 6.07) is 18.2. The van der Waals surface area contributed by atoms with Crippen LogP contribution in [0.2, 0.25) is 24.7 Å². The molecule has 0 aliphatic heterocycles. The molecule has 0 fully saturated rings. The lowest BCUT2D eigenvalue weighted by molar-refractivity contribution is 0.103. The second-order valence-corrected chi connectivity index (χ2v) is 15.8. The normalized spacial score (nSPS) is 12.3. The van der Waals surface area contributed by atoms with Gasteiger partial charge in [0.1, 0.15) is 11.5 Å². The summed E-state index contributed by atoms with van der Waals surface area (Å²) in [5.41, 5.74) is 0.582. The molecule has 0 aliphatic rings. The zero-order valence-electron chi connectivity index (χ0n) is 17.8. The summed E-state index contributed by atoms with van der Waals surface area (Å²) in [6.07, 6.45) is 0. The molecule has 4 nitrogen and oxygen atoms in total. The SMILES string of the molecule is C[Si](C)(C)c1c(C(=O)c2cccc(Cl)c2)n(S(=O)(=O)c2ccccc2)c2ccc(F)cc12. The monoisotopic (exact) mass is 485 g/mol. The average Bonchev–Trinajstić information content (AvgIpc) is 3.09. The molecule has 0 saturated heterocycles. The van der Waals surface area contributed by atoms with Gasteiger partial charge in [-0.1, -0.05) is 61.6 Å². The first-order valence-corrected chi connectivity index (χ1v) is 15.3. The summed E-state index contributed by atoms with van der Waals surface area (Å²) in [5, 5.41) is 1.40. The maximum atomic E-state index is 14.3. The van der Waals surface area contributed by atoms with Crippen LogP contribution in [-0.2, 0) is 10.0 Å². The highest BCUT2D eigenvalue weighted by Gasteiger charge is 2.36. The van der Waals surface area contributed by atoms with E-state index in [2.05, 4.69) is 0 Å². The molecule has 4 rings (SSSR count). The van der Waals surface area contributed by atoms with E-state index < -0.39 is 29.7 Å². The van der Waals surface area contributed by atoms with Crippen molar-refractivity contribution in [2.45, 2.75) is 24.5 Å². The molecule has 1 heterocycles. The van der Waals surface area contributed by atoms with Crippen molar-refractivity contribution in [3.8, 4) is 0 Å². The maximum absolute atomic E-state index is 14.3. The van der Waals surface area contributed by atoms with Crippen molar-refractivity contribution >= 4 is 51.6 Å². The number of fused-ring (bicyclic) bond motifs is 1. The third-order valence-electron chi connectivity index (χ3n) is 5.22. The van der Waals surface area contributed by atoms with Crippen molar-refractivity contribution < 1.29 is 17.6 Å². The van der Waals surface area contributed by atoms with Crippen LogP contribution in [0.3, 0.4) is 0 Å². The average molecular weight is 486 g/mol. The number of hydrogen-bond donors (Lipinski definition) is 0. The Balaban J connectivity index is 2.18. The van der Waals surface area contributed by atoms with Gasteiger partial charge in [0.05, 0.1) is 18.5 Å². The van der Waals surface area contributed by atoms with E-state index in [-0.39, 0.29) is 21.7 Å². The first-order valence-electron chi connectivity index (χ1n) is 9.97. The van der Waals surface area contributed by atoms with Crippen molar-refractivity contribution in [1.29, 1.82) is 0 Å². The molecule has 0 amide bonds. The van der Waals surface area contributed by atoms with Crippen LogP contribution < -0.4 is 5.19 Å². The molecule has 0 N–H and O–H groups in total. The Kier molecular flexibility index (Phi) is 5.61. The largest absolute Gasteiger partial charge is 0.287 e. The first-order chi connectivity index (χ1) is 15.0. The number of carbonyl (C=O) groups is 1. The molecule has 0 unspecified atom stereocenters. The summed E-state index contributed by atoms with van der Waals surface area (Å²) in [4.78, 5) is 13.8. The third kappa shape index (κ3) is 3.81. The van der Waals surface area contributed by atoms with Crippen molar-refractivity contribution in [3.63, 3.8) is 0 Å². The van der Waals surface area contributed by atoms with Gasteiger partial charge in [-0.2, -0.15) is 0 Å². The van der Waals surface area contributed by atoms with Crippen molar-refractivity contribution in [1.82, 2.24) is 3.97 Å². The fourth-order valence-electron chi connectivity index (χ4n) is 3.91. The number of benzene rings is 3. The van der Waals surface area contributed by atoms with Crippen LogP contribution in [0, 0.1) is 5.82 Å². The first kappa shape index (κ1) is 22.5. The quantitative estimate of drug-likeness (QED) is 0.279. The zero-order valence-corrected chi connectivity index (χ0v) is 20.3.